The Balaban J connectivity index is 2.46. The van der Waals surface area contributed by atoms with Gasteiger partial charge in [-0.15, -0.1) is 0 Å². The Labute approximate surface area is 109 Å². The van der Waals surface area contributed by atoms with Crippen molar-refractivity contribution in [2.24, 2.45) is 5.73 Å². The minimum absolute atomic E-state index is 0.132. The number of carbonyl (C=O) groups is 2. The van der Waals surface area contributed by atoms with Crippen molar-refractivity contribution < 1.29 is 14.7 Å². The second-order valence-corrected chi connectivity index (χ2v) is 4.66. The first-order valence-electron chi connectivity index (χ1n) is 5.59. The Morgan fingerprint density at radius 2 is 2.17 bits per heavy atom. The van der Waals surface area contributed by atoms with Crippen LogP contribution >= 0.6 is 11.6 Å². The lowest BCUT2D eigenvalue weighted by atomic mass is 10.1. The molecule has 1 atom stereocenters. The molecule has 5 nitrogen and oxygen atoms in total. The van der Waals surface area contributed by atoms with E-state index < -0.39 is 17.9 Å². The maximum absolute atomic E-state index is 11.4. The Kier molecular flexibility index (Phi) is 3.43. The lowest BCUT2D eigenvalue weighted by molar-refractivity contribution is -0.119. The summed E-state index contributed by atoms with van der Waals surface area (Å²) >= 11 is 5.89. The summed E-state index contributed by atoms with van der Waals surface area (Å²) in [6.45, 7) is 0.605. The first-order valence-corrected chi connectivity index (χ1v) is 5.97. The van der Waals surface area contributed by atoms with Crippen LogP contribution in [-0.4, -0.2) is 29.6 Å². The number of carboxylic acids is 1. The van der Waals surface area contributed by atoms with E-state index in [1.54, 1.807) is 11.0 Å². The third kappa shape index (κ3) is 2.26. The molecule has 1 unspecified atom stereocenters. The minimum atomic E-state index is -1.04. The van der Waals surface area contributed by atoms with Gasteiger partial charge in [0.25, 0.3) is 0 Å². The molecule has 1 aromatic carbocycles. The van der Waals surface area contributed by atoms with Crippen LogP contribution in [0, 0.1) is 0 Å². The van der Waals surface area contributed by atoms with E-state index in [0.29, 0.717) is 23.7 Å². The van der Waals surface area contributed by atoms with E-state index >= 15 is 0 Å². The van der Waals surface area contributed by atoms with Crippen molar-refractivity contribution in [1.29, 1.82) is 0 Å². The smallest absolute Gasteiger partial charge is 0.337 e. The van der Waals surface area contributed by atoms with Crippen molar-refractivity contribution in [3.05, 3.63) is 28.8 Å². The van der Waals surface area contributed by atoms with Crippen molar-refractivity contribution >= 4 is 29.2 Å². The maximum atomic E-state index is 11.4. The average molecular weight is 269 g/mol. The number of primary amides is 1. The topological polar surface area (TPSA) is 83.6 Å². The second-order valence-electron chi connectivity index (χ2n) is 4.22. The highest BCUT2D eigenvalue weighted by atomic mass is 35.5. The number of nitrogens with two attached hydrogens (primary N) is 1. The predicted molar refractivity (Wildman–Crippen MR) is 68.0 cm³/mol. The zero-order valence-corrected chi connectivity index (χ0v) is 10.4. The third-order valence-corrected chi connectivity index (χ3v) is 3.32. The van der Waals surface area contributed by atoms with E-state index in [2.05, 4.69) is 0 Å². The Morgan fingerprint density at radius 1 is 1.44 bits per heavy atom. The Bertz CT molecular complexity index is 504. The van der Waals surface area contributed by atoms with Gasteiger partial charge in [-0.25, -0.2) is 4.79 Å². The summed E-state index contributed by atoms with van der Waals surface area (Å²) in [5, 5.41) is 9.59. The lowest BCUT2D eigenvalue weighted by Crippen LogP contribution is -2.41. The van der Waals surface area contributed by atoms with E-state index in [1.807, 2.05) is 0 Å². The minimum Gasteiger partial charge on any atom is -0.478 e. The van der Waals surface area contributed by atoms with Crippen LogP contribution in [0.15, 0.2) is 18.2 Å². The van der Waals surface area contributed by atoms with Crippen molar-refractivity contribution in [3.8, 4) is 0 Å². The van der Waals surface area contributed by atoms with Gasteiger partial charge in [0.05, 0.1) is 11.3 Å². The van der Waals surface area contributed by atoms with E-state index in [4.69, 9.17) is 22.4 Å². The van der Waals surface area contributed by atoms with Crippen LogP contribution < -0.4 is 10.6 Å². The zero-order chi connectivity index (χ0) is 13.3. The van der Waals surface area contributed by atoms with Crippen molar-refractivity contribution in [2.45, 2.75) is 18.9 Å². The largest absolute Gasteiger partial charge is 0.478 e. The van der Waals surface area contributed by atoms with Gasteiger partial charge in [0.1, 0.15) is 6.04 Å². The number of aromatic carboxylic acids is 1. The zero-order valence-electron chi connectivity index (χ0n) is 9.60. The molecular weight excluding hydrogens is 256 g/mol. The molecule has 0 radical (unpaired) electrons. The molecular formula is C12H13ClN2O3. The van der Waals surface area contributed by atoms with Gasteiger partial charge in [-0.05, 0) is 31.0 Å². The third-order valence-electron chi connectivity index (χ3n) is 3.08. The van der Waals surface area contributed by atoms with Crippen LogP contribution in [0.25, 0.3) is 0 Å². The molecule has 18 heavy (non-hydrogen) atoms. The van der Waals surface area contributed by atoms with Gasteiger partial charge >= 0.3 is 5.97 Å². The van der Waals surface area contributed by atoms with Crippen LogP contribution in [0.4, 0.5) is 5.69 Å². The van der Waals surface area contributed by atoms with Gasteiger partial charge in [-0.2, -0.15) is 0 Å². The molecule has 0 aliphatic carbocycles. The number of anilines is 1. The van der Waals surface area contributed by atoms with Crippen LogP contribution in [-0.2, 0) is 4.79 Å². The van der Waals surface area contributed by atoms with Gasteiger partial charge < -0.3 is 15.7 Å². The number of carboxylic acid groups (broad SMARTS) is 1. The fraction of sp³-hybridized carbons (Fsp3) is 0.333. The monoisotopic (exact) mass is 268 g/mol. The van der Waals surface area contributed by atoms with E-state index in [0.717, 1.165) is 6.42 Å². The van der Waals surface area contributed by atoms with E-state index in [9.17, 15) is 9.59 Å². The summed E-state index contributed by atoms with van der Waals surface area (Å²) in [7, 11) is 0. The van der Waals surface area contributed by atoms with Gasteiger partial charge in [-0.3, -0.25) is 4.79 Å². The summed E-state index contributed by atoms with van der Waals surface area (Å²) < 4.78 is 0. The summed E-state index contributed by atoms with van der Waals surface area (Å²) in [6, 6.07) is 4.06. The van der Waals surface area contributed by atoms with Crippen molar-refractivity contribution in [1.82, 2.24) is 0 Å². The molecule has 96 valence electrons. The Morgan fingerprint density at radius 3 is 2.78 bits per heavy atom. The number of amides is 1. The van der Waals surface area contributed by atoms with Crippen molar-refractivity contribution in [2.75, 3.05) is 11.4 Å². The number of hydrogen-bond acceptors (Lipinski definition) is 3. The molecule has 1 saturated heterocycles. The summed E-state index contributed by atoms with van der Waals surface area (Å²) in [4.78, 5) is 24.3. The number of nitrogens with zero attached hydrogens (tertiary/aromatic N) is 1. The molecule has 1 heterocycles. The molecule has 2 rings (SSSR count). The summed E-state index contributed by atoms with van der Waals surface area (Å²) in [6.07, 6.45) is 1.44. The molecule has 1 fully saturated rings. The molecule has 1 amide bonds. The van der Waals surface area contributed by atoms with Crippen LogP contribution in [0.2, 0.25) is 5.02 Å². The van der Waals surface area contributed by atoms with Gasteiger partial charge in [0, 0.05) is 11.6 Å². The number of benzene rings is 1. The fourth-order valence-corrected chi connectivity index (χ4v) is 2.44. The number of hydrogen-bond donors (Lipinski definition) is 2. The fourth-order valence-electron chi connectivity index (χ4n) is 2.27. The van der Waals surface area contributed by atoms with E-state index in [1.165, 1.54) is 12.1 Å². The van der Waals surface area contributed by atoms with Crippen molar-refractivity contribution in [3.63, 3.8) is 0 Å². The normalized spacial score (nSPS) is 18.9. The van der Waals surface area contributed by atoms with E-state index in [-0.39, 0.29) is 5.56 Å². The number of carbonyl (C=O) groups excluding carboxylic acids is 1. The second kappa shape index (κ2) is 4.86. The molecule has 3 N–H and O–H groups in total. The Hall–Kier alpha value is -1.75. The molecule has 6 heteroatoms. The SMILES string of the molecule is NC(=O)C1CCCN1c1cc(Cl)ccc1C(=O)O. The van der Waals surface area contributed by atoms with Gasteiger partial charge in [0.2, 0.25) is 5.91 Å². The summed E-state index contributed by atoms with van der Waals surface area (Å²) in [5.74, 6) is -1.49. The average Bonchev–Trinajstić information content (AvgIpc) is 2.77. The van der Waals surface area contributed by atoms with Gasteiger partial charge in [0.15, 0.2) is 0 Å². The standard InChI is InChI=1S/C12H13ClN2O3/c13-7-3-4-8(12(17)18)10(6-7)15-5-1-2-9(15)11(14)16/h3-4,6,9H,1-2,5H2,(H2,14,16)(H,17,18). The maximum Gasteiger partial charge on any atom is 0.337 e. The molecule has 0 bridgehead atoms. The predicted octanol–water partition coefficient (Wildman–Crippen LogP) is 1.49. The highest BCUT2D eigenvalue weighted by Gasteiger charge is 2.31. The molecule has 0 aromatic heterocycles. The molecule has 0 saturated carbocycles. The molecule has 1 aliphatic heterocycles. The summed E-state index contributed by atoms with van der Waals surface area (Å²) in [5.41, 5.74) is 5.92. The first-order chi connectivity index (χ1) is 8.50. The number of rotatable bonds is 3. The van der Waals surface area contributed by atoms with Crippen LogP contribution in [0.3, 0.4) is 0 Å². The molecule has 1 aliphatic rings. The molecule has 0 spiro atoms. The quantitative estimate of drug-likeness (QED) is 0.870. The van der Waals surface area contributed by atoms with Crippen LogP contribution in [0.1, 0.15) is 23.2 Å². The lowest BCUT2D eigenvalue weighted by Gasteiger charge is -2.26. The highest BCUT2D eigenvalue weighted by Crippen LogP contribution is 2.31. The first kappa shape index (κ1) is 12.7. The number of halogens is 1. The highest BCUT2D eigenvalue weighted by molar-refractivity contribution is 6.31. The van der Waals surface area contributed by atoms with Crippen LogP contribution in [0.5, 0.6) is 0 Å². The van der Waals surface area contributed by atoms with Gasteiger partial charge in [-0.1, -0.05) is 11.6 Å². The molecule has 1 aromatic rings.